The molecule has 0 aliphatic carbocycles. The molecule has 0 aliphatic heterocycles. The predicted molar refractivity (Wildman–Crippen MR) is 87.2 cm³/mol. The maximum absolute atomic E-state index is 11.1. The number of hydrogen-bond donors (Lipinski definition) is 3. The van der Waals surface area contributed by atoms with Crippen molar-refractivity contribution in [2.45, 2.75) is 40.2 Å². The van der Waals surface area contributed by atoms with Crippen LogP contribution >= 0.6 is 11.3 Å². The third kappa shape index (κ3) is 4.04. The van der Waals surface area contributed by atoms with Gasteiger partial charge in [0.1, 0.15) is 17.5 Å². The van der Waals surface area contributed by atoms with Gasteiger partial charge < -0.3 is 15.6 Å². The summed E-state index contributed by atoms with van der Waals surface area (Å²) in [5.74, 6) is 2.50. The smallest absolute Gasteiger partial charge is 0.304 e. The molecule has 114 valence electrons. The number of hydrogen-bond acceptors (Lipinski definition) is 6. The highest BCUT2D eigenvalue weighted by molar-refractivity contribution is 7.07. The lowest BCUT2D eigenvalue weighted by Gasteiger charge is -2.14. The molecule has 0 unspecified atom stereocenters. The van der Waals surface area contributed by atoms with Crippen LogP contribution < -0.4 is 15.5 Å². The lowest BCUT2D eigenvalue weighted by molar-refractivity contribution is 0.901. The lowest BCUT2D eigenvalue weighted by Crippen LogP contribution is -2.12. The van der Waals surface area contributed by atoms with Gasteiger partial charge in [0.05, 0.1) is 6.54 Å². The highest BCUT2D eigenvalue weighted by Gasteiger charge is 2.10. The summed E-state index contributed by atoms with van der Waals surface area (Å²) >= 11 is 1.17. The zero-order chi connectivity index (χ0) is 15.2. The average Bonchev–Trinajstić information content (AvgIpc) is 2.90. The van der Waals surface area contributed by atoms with Gasteiger partial charge in [0.2, 0.25) is 0 Å². The molecule has 0 saturated carbocycles. The van der Waals surface area contributed by atoms with E-state index in [1.54, 1.807) is 0 Å². The van der Waals surface area contributed by atoms with Gasteiger partial charge in [-0.2, -0.15) is 0 Å². The Kier molecular flexibility index (Phi) is 5.32. The third-order valence-corrected chi connectivity index (χ3v) is 3.79. The van der Waals surface area contributed by atoms with E-state index >= 15 is 0 Å². The van der Waals surface area contributed by atoms with Crippen molar-refractivity contribution in [1.29, 1.82) is 0 Å². The third-order valence-electron chi connectivity index (χ3n) is 3.07. The predicted octanol–water partition coefficient (Wildman–Crippen LogP) is 2.53. The largest absolute Gasteiger partial charge is 0.370 e. The van der Waals surface area contributed by atoms with Crippen LogP contribution in [0.15, 0.2) is 10.2 Å². The maximum atomic E-state index is 11.1. The monoisotopic (exact) mass is 307 g/mol. The minimum Gasteiger partial charge on any atom is -0.370 e. The Balaban J connectivity index is 2.18. The van der Waals surface area contributed by atoms with Crippen LogP contribution in [-0.4, -0.2) is 21.5 Å². The van der Waals surface area contributed by atoms with Crippen LogP contribution in [0.4, 0.5) is 11.6 Å². The van der Waals surface area contributed by atoms with Gasteiger partial charge in [0.15, 0.2) is 0 Å². The molecule has 0 radical (unpaired) electrons. The molecule has 0 saturated heterocycles. The molecule has 2 heterocycles. The minimum absolute atomic E-state index is 0.0363. The molecule has 0 aliphatic rings. The van der Waals surface area contributed by atoms with E-state index in [-0.39, 0.29) is 4.87 Å². The molecular weight excluding hydrogens is 286 g/mol. The molecule has 7 heteroatoms. The van der Waals surface area contributed by atoms with Crippen molar-refractivity contribution in [1.82, 2.24) is 15.0 Å². The molecule has 0 amide bonds. The number of rotatable bonds is 7. The molecule has 2 aromatic heterocycles. The van der Waals surface area contributed by atoms with E-state index in [1.165, 1.54) is 11.3 Å². The Hall–Kier alpha value is -1.89. The van der Waals surface area contributed by atoms with Gasteiger partial charge >= 0.3 is 4.87 Å². The molecule has 0 atom stereocenters. The second-order valence-electron chi connectivity index (χ2n) is 4.77. The van der Waals surface area contributed by atoms with E-state index in [9.17, 15) is 4.79 Å². The Morgan fingerprint density at radius 3 is 2.52 bits per heavy atom. The summed E-state index contributed by atoms with van der Waals surface area (Å²) in [6.45, 7) is 7.59. The summed E-state index contributed by atoms with van der Waals surface area (Å²) in [5, 5.41) is 8.43. The van der Waals surface area contributed by atoms with Gasteiger partial charge in [-0.05, 0) is 13.3 Å². The molecule has 6 nitrogen and oxygen atoms in total. The fourth-order valence-electron chi connectivity index (χ4n) is 1.89. The number of aromatic nitrogens is 3. The van der Waals surface area contributed by atoms with Crippen molar-refractivity contribution in [3.63, 3.8) is 0 Å². The highest BCUT2D eigenvalue weighted by atomic mass is 32.1. The van der Waals surface area contributed by atoms with Crippen LogP contribution in [0.3, 0.4) is 0 Å². The van der Waals surface area contributed by atoms with Crippen molar-refractivity contribution in [3.8, 4) is 0 Å². The zero-order valence-electron chi connectivity index (χ0n) is 12.6. The van der Waals surface area contributed by atoms with E-state index in [0.717, 1.165) is 48.1 Å². The number of nitrogens with zero attached hydrogens (tertiary/aromatic N) is 2. The second-order valence-corrected chi connectivity index (χ2v) is 5.61. The van der Waals surface area contributed by atoms with Gasteiger partial charge in [-0.15, -0.1) is 0 Å². The fourth-order valence-corrected chi connectivity index (χ4v) is 2.47. The topological polar surface area (TPSA) is 82.7 Å². The van der Waals surface area contributed by atoms with Crippen molar-refractivity contribution >= 4 is 23.0 Å². The molecule has 0 fully saturated rings. The summed E-state index contributed by atoms with van der Waals surface area (Å²) in [6, 6.07) is 0. The number of nitrogens with one attached hydrogen (secondary N) is 3. The van der Waals surface area contributed by atoms with Crippen LogP contribution in [0.2, 0.25) is 0 Å². The Labute approximate surface area is 128 Å². The van der Waals surface area contributed by atoms with E-state index in [1.807, 2.05) is 19.2 Å². The molecule has 0 aromatic carbocycles. The SMILES string of the molecule is CCCNc1nc(CC)nc(NCc2csc(=O)[nH]2)c1C. The second kappa shape index (κ2) is 7.21. The number of anilines is 2. The van der Waals surface area contributed by atoms with Crippen molar-refractivity contribution in [2.75, 3.05) is 17.2 Å². The van der Waals surface area contributed by atoms with Gasteiger partial charge in [0.25, 0.3) is 0 Å². The fraction of sp³-hybridized carbons (Fsp3) is 0.500. The first-order valence-corrected chi connectivity index (χ1v) is 8.04. The summed E-state index contributed by atoms with van der Waals surface area (Å²) in [4.78, 5) is 22.9. The summed E-state index contributed by atoms with van der Waals surface area (Å²) in [7, 11) is 0. The minimum atomic E-state index is -0.0363. The van der Waals surface area contributed by atoms with Crippen molar-refractivity contribution in [2.24, 2.45) is 0 Å². The molecule has 2 aromatic rings. The van der Waals surface area contributed by atoms with Crippen LogP contribution in [0, 0.1) is 6.92 Å². The number of aromatic amines is 1. The van der Waals surface area contributed by atoms with Crippen LogP contribution in [-0.2, 0) is 13.0 Å². The van der Waals surface area contributed by atoms with Crippen molar-refractivity contribution in [3.05, 3.63) is 32.1 Å². The quantitative estimate of drug-likeness (QED) is 0.732. The lowest BCUT2D eigenvalue weighted by atomic mass is 10.2. The van der Waals surface area contributed by atoms with Gasteiger partial charge in [0, 0.05) is 29.6 Å². The molecular formula is C14H21N5OS. The molecule has 3 N–H and O–H groups in total. The maximum Gasteiger partial charge on any atom is 0.304 e. The van der Waals surface area contributed by atoms with Crippen LogP contribution in [0.1, 0.15) is 37.4 Å². The first-order chi connectivity index (χ1) is 10.1. The molecule has 2 rings (SSSR count). The highest BCUT2D eigenvalue weighted by Crippen LogP contribution is 2.20. The van der Waals surface area contributed by atoms with Gasteiger partial charge in [-0.1, -0.05) is 25.2 Å². The summed E-state index contributed by atoms with van der Waals surface area (Å²) < 4.78 is 0. The summed E-state index contributed by atoms with van der Waals surface area (Å²) in [5.41, 5.74) is 1.86. The van der Waals surface area contributed by atoms with E-state index in [2.05, 4.69) is 32.5 Å². The first kappa shape index (κ1) is 15.5. The summed E-state index contributed by atoms with van der Waals surface area (Å²) in [6.07, 6.45) is 1.83. The average molecular weight is 307 g/mol. The van der Waals surface area contributed by atoms with Gasteiger partial charge in [-0.25, -0.2) is 9.97 Å². The number of thiazole rings is 1. The Morgan fingerprint density at radius 1 is 1.24 bits per heavy atom. The number of aryl methyl sites for hydroxylation is 1. The van der Waals surface area contributed by atoms with Crippen LogP contribution in [0.25, 0.3) is 0 Å². The van der Waals surface area contributed by atoms with E-state index < -0.39 is 0 Å². The Morgan fingerprint density at radius 2 is 1.95 bits per heavy atom. The van der Waals surface area contributed by atoms with Crippen LogP contribution in [0.5, 0.6) is 0 Å². The first-order valence-electron chi connectivity index (χ1n) is 7.16. The van der Waals surface area contributed by atoms with E-state index in [0.29, 0.717) is 6.54 Å². The molecule has 21 heavy (non-hydrogen) atoms. The van der Waals surface area contributed by atoms with Crippen molar-refractivity contribution < 1.29 is 0 Å². The van der Waals surface area contributed by atoms with E-state index in [4.69, 9.17) is 0 Å². The molecule has 0 bridgehead atoms. The normalized spacial score (nSPS) is 10.6. The Bertz CT molecular complexity index is 649. The van der Waals surface area contributed by atoms with Gasteiger partial charge in [-0.3, -0.25) is 4.79 Å². The molecule has 0 spiro atoms. The zero-order valence-corrected chi connectivity index (χ0v) is 13.4. The number of H-pyrrole nitrogens is 1. The standard InChI is InChI=1S/C14H21N5OS/c1-4-6-15-12-9(3)13(19-11(5-2)18-12)16-7-10-8-21-14(20)17-10/h8H,4-7H2,1-3H3,(H,17,20)(H2,15,16,18,19).